The Bertz CT molecular complexity index is 830. The summed E-state index contributed by atoms with van der Waals surface area (Å²) in [6.45, 7) is 6.39. The molecular weight excluding hydrogens is 600 g/mol. The molecule has 0 spiro atoms. The molecule has 0 bridgehead atoms. The van der Waals surface area contributed by atoms with E-state index in [1.807, 2.05) is 0 Å². The minimum Gasteiger partial charge on any atom is -0.462 e. The Morgan fingerprint density at radius 1 is 0.438 bits per heavy atom. The first kappa shape index (κ1) is 45.6. The van der Waals surface area contributed by atoms with Gasteiger partial charge in [0.05, 0.1) is 0 Å². The van der Waals surface area contributed by atoms with Gasteiger partial charge in [0.15, 0.2) is 6.10 Å². The number of allylic oxidation sites excluding steroid dienone is 6. The number of hydrogen-bond acceptors (Lipinski definition) is 6. The van der Waals surface area contributed by atoms with Crippen molar-refractivity contribution in [3.05, 3.63) is 36.5 Å². The Morgan fingerprint density at radius 3 is 1.40 bits per heavy atom. The van der Waals surface area contributed by atoms with Crippen molar-refractivity contribution in [3.63, 3.8) is 0 Å². The lowest BCUT2D eigenvalue weighted by atomic mass is 10.0. The summed E-state index contributed by atoms with van der Waals surface area (Å²) >= 11 is 0. The number of rotatable bonds is 35. The Balaban J connectivity index is 4.41. The fourth-order valence-corrected chi connectivity index (χ4v) is 5.36. The summed E-state index contributed by atoms with van der Waals surface area (Å²) in [4.78, 5) is 37.4. The maximum atomic E-state index is 12.6. The monoisotopic (exact) mass is 675 g/mol. The van der Waals surface area contributed by atoms with Crippen molar-refractivity contribution in [1.29, 1.82) is 0 Å². The molecule has 6 nitrogen and oxygen atoms in total. The van der Waals surface area contributed by atoms with Gasteiger partial charge in [-0.05, 0) is 64.2 Å². The first-order chi connectivity index (χ1) is 23.5. The zero-order valence-electron chi connectivity index (χ0n) is 31.5. The van der Waals surface area contributed by atoms with Gasteiger partial charge in [0, 0.05) is 19.3 Å². The third-order valence-electron chi connectivity index (χ3n) is 8.38. The van der Waals surface area contributed by atoms with Gasteiger partial charge in [-0.1, -0.05) is 147 Å². The highest BCUT2D eigenvalue weighted by atomic mass is 16.6. The molecule has 0 aromatic carbocycles. The van der Waals surface area contributed by atoms with Gasteiger partial charge >= 0.3 is 17.9 Å². The average molecular weight is 675 g/mol. The van der Waals surface area contributed by atoms with Crippen molar-refractivity contribution in [3.8, 4) is 0 Å². The van der Waals surface area contributed by atoms with Crippen LogP contribution in [-0.4, -0.2) is 37.2 Å². The number of hydrogen-bond donors (Lipinski definition) is 0. The summed E-state index contributed by atoms with van der Waals surface area (Å²) in [6.07, 6.45) is 40.0. The molecule has 48 heavy (non-hydrogen) atoms. The van der Waals surface area contributed by atoms with Crippen LogP contribution >= 0.6 is 0 Å². The first-order valence-electron chi connectivity index (χ1n) is 20.0. The molecule has 0 amide bonds. The fourth-order valence-electron chi connectivity index (χ4n) is 5.36. The van der Waals surface area contributed by atoms with Gasteiger partial charge in [-0.25, -0.2) is 0 Å². The summed E-state index contributed by atoms with van der Waals surface area (Å²) in [7, 11) is 0. The SMILES string of the molecule is CC/C=C\C/C=C\CCCCC(=O)OC(COC(=O)CCC/C=C\CCCCCC)COC(=O)CCCCCCCCCCCCCC. The molecule has 1 atom stereocenters. The molecule has 0 aromatic rings. The molecule has 0 aromatic heterocycles. The van der Waals surface area contributed by atoms with Crippen LogP contribution in [0.4, 0.5) is 0 Å². The number of ether oxygens (including phenoxy) is 3. The van der Waals surface area contributed by atoms with Crippen LogP contribution in [-0.2, 0) is 28.6 Å². The molecule has 0 aliphatic heterocycles. The molecular formula is C42H74O6. The van der Waals surface area contributed by atoms with E-state index in [-0.39, 0.29) is 37.5 Å². The number of esters is 3. The van der Waals surface area contributed by atoms with E-state index in [4.69, 9.17) is 14.2 Å². The third-order valence-corrected chi connectivity index (χ3v) is 8.38. The number of carbonyl (C=O) groups excluding carboxylic acids is 3. The summed E-state index contributed by atoms with van der Waals surface area (Å²) < 4.78 is 16.5. The van der Waals surface area contributed by atoms with E-state index in [2.05, 4.69) is 57.2 Å². The molecule has 0 aliphatic rings. The molecule has 0 rings (SSSR count). The smallest absolute Gasteiger partial charge is 0.306 e. The van der Waals surface area contributed by atoms with Gasteiger partial charge in [0.2, 0.25) is 0 Å². The summed E-state index contributed by atoms with van der Waals surface area (Å²) in [5.74, 6) is -0.973. The van der Waals surface area contributed by atoms with E-state index in [1.54, 1.807) is 0 Å². The second-order valence-corrected chi connectivity index (χ2v) is 13.2. The van der Waals surface area contributed by atoms with Crippen molar-refractivity contribution in [1.82, 2.24) is 0 Å². The van der Waals surface area contributed by atoms with E-state index in [1.165, 1.54) is 83.5 Å². The molecule has 0 heterocycles. The molecule has 6 heteroatoms. The highest BCUT2D eigenvalue weighted by molar-refractivity contribution is 5.71. The predicted molar refractivity (Wildman–Crippen MR) is 201 cm³/mol. The lowest BCUT2D eigenvalue weighted by Gasteiger charge is -2.18. The summed E-state index contributed by atoms with van der Waals surface area (Å²) in [5.41, 5.74) is 0. The van der Waals surface area contributed by atoms with Crippen LogP contribution in [0.3, 0.4) is 0 Å². The van der Waals surface area contributed by atoms with Crippen molar-refractivity contribution in [2.24, 2.45) is 0 Å². The fraction of sp³-hybridized carbons (Fsp3) is 0.786. The van der Waals surface area contributed by atoms with Crippen LogP contribution in [0.2, 0.25) is 0 Å². The summed E-state index contributed by atoms with van der Waals surface area (Å²) in [5, 5.41) is 0. The Morgan fingerprint density at radius 2 is 0.833 bits per heavy atom. The highest BCUT2D eigenvalue weighted by Gasteiger charge is 2.19. The topological polar surface area (TPSA) is 78.9 Å². The van der Waals surface area contributed by atoms with Crippen molar-refractivity contribution in [2.75, 3.05) is 13.2 Å². The predicted octanol–water partition coefficient (Wildman–Crippen LogP) is 12.2. The van der Waals surface area contributed by atoms with E-state index in [0.717, 1.165) is 57.8 Å². The Hall–Kier alpha value is -2.37. The molecule has 0 aliphatic carbocycles. The first-order valence-corrected chi connectivity index (χ1v) is 20.0. The molecule has 0 radical (unpaired) electrons. The quantitative estimate of drug-likeness (QED) is 0.0288. The molecule has 0 saturated carbocycles. The minimum absolute atomic E-state index is 0.0924. The van der Waals surface area contributed by atoms with Crippen LogP contribution in [0.1, 0.15) is 194 Å². The van der Waals surface area contributed by atoms with Crippen LogP contribution in [0.5, 0.6) is 0 Å². The van der Waals surface area contributed by atoms with Crippen molar-refractivity contribution >= 4 is 17.9 Å². The zero-order chi connectivity index (χ0) is 35.2. The maximum Gasteiger partial charge on any atom is 0.306 e. The van der Waals surface area contributed by atoms with E-state index in [9.17, 15) is 14.4 Å². The molecule has 0 saturated heterocycles. The minimum atomic E-state index is -0.791. The van der Waals surface area contributed by atoms with E-state index >= 15 is 0 Å². The van der Waals surface area contributed by atoms with Gasteiger partial charge in [-0.15, -0.1) is 0 Å². The second kappa shape index (κ2) is 37.4. The standard InChI is InChI=1S/C42H74O6/c1-4-7-10-13-16-19-20-21-24-26-29-32-35-41(44)47-38-39(48-42(45)36-33-30-27-23-18-15-12-9-6-3)37-46-40(43)34-31-28-25-22-17-14-11-8-5-2/h9,12,18,22-23,25,39H,4-8,10-11,13-17,19-21,24,26-38H2,1-3H3/b12-9-,23-18-,25-22-. The van der Waals surface area contributed by atoms with E-state index < -0.39 is 6.10 Å². The van der Waals surface area contributed by atoms with Crippen LogP contribution in [0, 0.1) is 0 Å². The van der Waals surface area contributed by atoms with E-state index in [0.29, 0.717) is 25.7 Å². The average Bonchev–Trinajstić information content (AvgIpc) is 3.08. The van der Waals surface area contributed by atoms with Gasteiger partial charge in [0.1, 0.15) is 13.2 Å². The van der Waals surface area contributed by atoms with Gasteiger partial charge in [0.25, 0.3) is 0 Å². The van der Waals surface area contributed by atoms with Crippen LogP contribution in [0.15, 0.2) is 36.5 Å². The van der Waals surface area contributed by atoms with Crippen LogP contribution < -0.4 is 0 Å². The van der Waals surface area contributed by atoms with Crippen molar-refractivity contribution < 1.29 is 28.6 Å². The lowest BCUT2D eigenvalue weighted by Crippen LogP contribution is -2.30. The molecule has 1 unspecified atom stereocenters. The number of unbranched alkanes of at least 4 members (excludes halogenated alkanes) is 18. The molecule has 278 valence electrons. The van der Waals surface area contributed by atoms with Crippen LogP contribution in [0.25, 0.3) is 0 Å². The van der Waals surface area contributed by atoms with Gasteiger partial charge in [-0.3, -0.25) is 14.4 Å². The van der Waals surface area contributed by atoms with Crippen molar-refractivity contribution in [2.45, 2.75) is 200 Å². The highest BCUT2D eigenvalue weighted by Crippen LogP contribution is 2.13. The summed E-state index contributed by atoms with van der Waals surface area (Å²) in [6, 6.07) is 0. The third kappa shape index (κ3) is 35.0. The molecule has 0 fully saturated rings. The molecule has 0 N–H and O–H groups in total. The largest absolute Gasteiger partial charge is 0.462 e. The van der Waals surface area contributed by atoms with Gasteiger partial charge in [-0.2, -0.15) is 0 Å². The second-order valence-electron chi connectivity index (χ2n) is 13.2. The Labute approximate surface area is 295 Å². The van der Waals surface area contributed by atoms with Gasteiger partial charge < -0.3 is 14.2 Å². The Kier molecular flexibility index (Phi) is 35.6. The zero-order valence-corrected chi connectivity index (χ0v) is 31.5. The number of carbonyl (C=O) groups is 3. The normalized spacial score (nSPS) is 12.3. The maximum absolute atomic E-state index is 12.6. The lowest BCUT2D eigenvalue weighted by molar-refractivity contribution is -0.167.